The molecule has 1 unspecified atom stereocenters. The zero-order valence-electron chi connectivity index (χ0n) is 19.4. The van der Waals surface area contributed by atoms with E-state index >= 15 is 0 Å². The Morgan fingerprint density at radius 1 is 1.12 bits per heavy atom. The zero-order valence-corrected chi connectivity index (χ0v) is 20.2. The van der Waals surface area contributed by atoms with E-state index in [2.05, 4.69) is 29.0 Å². The predicted molar refractivity (Wildman–Crippen MR) is 129 cm³/mol. The predicted octanol–water partition coefficient (Wildman–Crippen LogP) is 3.79. The van der Waals surface area contributed by atoms with Crippen LogP contribution in [0.2, 0.25) is 0 Å². The van der Waals surface area contributed by atoms with Crippen LogP contribution in [0.15, 0.2) is 24.4 Å². The van der Waals surface area contributed by atoms with Crippen molar-refractivity contribution in [1.29, 1.82) is 0 Å². The highest BCUT2D eigenvalue weighted by atomic mass is 32.2. The van der Waals surface area contributed by atoms with Gasteiger partial charge < -0.3 is 15.1 Å². The first-order chi connectivity index (χ1) is 15.7. The Morgan fingerprint density at radius 3 is 2.58 bits per heavy atom. The molecule has 0 bridgehead atoms. The lowest BCUT2D eigenvalue weighted by molar-refractivity contribution is -0.118. The van der Waals surface area contributed by atoms with E-state index in [4.69, 9.17) is 4.98 Å². The Morgan fingerprint density at radius 2 is 1.85 bits per heavy atom. The molecule has 1 N–H and O–H groups in total. The van der Waals surface area contributed by atoms with E-state index in [1.165, 1.54) is 12.8 Å². The maximum absolute atomic E-state index is 13.0. The molecule has 1 aliphatic carbocycles. The van der Waals surface area contributed by atoms with Gasteiger partial charge in [-0.05, 0) is 42.0 Å². The van der Waals surface area contributed by atoms with Crippen LogP contribution in [0.4, 0.5) is 23.1 Å². The van der Waals surface area contributed by atoms with Crippen LogP contribution in [0.25, 0.3) is 0 Å². The number of benzene rings is 1. The molecule has 3 heterocycles. The van der Waals surface area contributed by atoms with Gasteiger partial charge in [-0.3, -0.25) is 4.79 Å². The van der Waals surface area contributed by atoms with Crippen molar-refractivity contribution in [2.45, 2.75) is 69.5 Å². The second-order valence-corrected chi connectivity index (χ2v) is 11.9. The number of fused-ring (bicyclic) bond motifs is 2. The van der Waals surface area contributed by atoms with Crippen LogP contribution in [-0.2, 0) is 26.1 Å². The van der Waals surface area contributed by atoms with Crippen molar-refractivity contribution < 1.29 is 13.2 Å². The second-order valence-electron chi connectivity index (χ2n) is 9.86. The molecule has 3 aliphatic rings. The summed E-state index contributed by atoms with van der Waals surface area (Å²) in [4.78, 5) is 26.5. The Labute approximate surface area is 195 Å². The number of rotatable bonds is 4. The molecule has 33 heavy (non-hydrogen) atoms. The Hall–Kier alpha value is -2.68. The van der Waals surface area contributed by atoms with Crippen LogP contribution in [0, 0.1) is 5.92 Å². The standard InChI is InChI=1S/C24H31N5O3S/c1-15(2)20-11-22(30)28(3)21-12-25-24(27-23(21)29(20)19-6-4-5-7-19)26-18-9-8-16-13-33(31,32)14-17(16)10-18/h8-10,12,15,19-20H,4-7,11,13-14H2,1-3H3,(H,25,26,27). The maximum atomic E-state index is 13.0. The van der Waals surface area contributed by atoms with Crippen molar-refractivity contribution >= 4 is 38.9 Å². The molecule has 8 nitrogen and oxygen atoms in total. The average molecular weight is 470 g/mol. The van der Waals surface area contributed by atoms with Crippen LogP contribution in [-0.4, -0.2) is 43.4 Å². The Balaban J connectivity index is 1.53. The summed E-state index contributed by atoms with van der Waals surface area (Å²) >= 11 is 0. The highest BCUT2D eigenvalue weighted by molar-refractivity contribution is 7.90. The van der Waals surface area contributed by atoms with Gasteiger partial charge in [0, 0.05) is 31.2 Å². The van der Waals surface area contributed by atoms with Gasteiger partial charge in [-0.15, -0.1) is 0 Å². The number of nitrogens with zero attached hydrogens (tertiary/aromatic N) is 4. The third-order valence-corrected chi connectivity index (χ3v) is 8.67. The van der Waals surface area contributed by atoms with Gasteiger partial charge in [0.05, 0.1) is 17.7 Å². The molecule has 1 saturated carbocycles. The molecule has 1 fully saturated rings. The molecule has 0 saturated heterocycles. The van der Waals surface area contributed by atoms with Gasteiger partial charge in [-0.1, -0.05) is 32.8 Å². The van der Waals surface area contributed by atoms with Gasteiger partial charge in [0.15, 0.2) is 15.7 Å². The van der Waals surface area contributed by atoms with Gasteiger partial charge in [0.2, 0.25) is 11.9 Å². The van der Waals surface area contributed by atoms with Crippen LogP contribution >= 0.6 is 0 Å². The number of hydrogen-bond donors (Lipinski definition) is 1. The lowest BCUT2D eigenvalue weighted by atomic mass is 9.96. The lowest BCUT2D eigenvalue weighted by Gasteiger charge is -2.38. The summed E-state index contributed by atoms with van der Waals surface area (Å²) in [5.74, 6) is 1.81. The van der Waals surface area contributed by atoms with E-state index in [-0.39, 0.29) is 23.5 Å². The average Bonchev–Trinajstić information content (AvgIpc) is 3.36. The highest BCUT2D eigenvalue weighted by Gasteiger charge is 2.39. The number of aromatic nitrogens is 2. The minimum atomic E-state index is -3.06. The fourth-order valence-electron chi connectivity index (χ4n) is 5.37. The first-order valence-electron chi connectivity index (χ1n) is 11.7. The number of carbonyl (C=O) groups excluding carboxylic acids is 1. The van der Waals surface area contributed by atoms with Gasteiger partial charge in [-0.25, -0.2) is 13.4 Å². The van der Waals surface area contributed by atoms with Gasteiger partial charge in [-0.2, -0.15) is 4.98 Å². The Kier molecular flexibility index (Phi) is 5.55. The number of carbonyl (C=O) groups is 1. The van der Waals surface area contributed by atoms with Crippen LogP contribution < -0.4 is 15.1 Å². The van der Waals surface area contributed by atoms with Crippen molar-refractivity contribution in [3.8, 4) is 0 Å². The first kappa shape index (κ1) is 22.1. The summed E-state index contributed by atoms with van der Waals surface area (Å²) in [6.07, 6.45) is 6.78. The quantitative estimate of drug-likeness (QED) is 0.728. The zero-order chi connectivity index (χ0) is 23.3. The summed E-state index contributed by atoms with van der Waals surface area (Å²) < 4.78 is 23.9. The van der Waals surface area contributed by atoms with Crippen molar-refractivity contribution in [1.82, 2.24) is 9.97 Å². The van der Waals surface area contributed by atoms with E-state index in [1.54, 1.807) is 18.1 Å². The fraction of sp³-hybridized carbons (Fsp3) is 0.542. The number of anilines is 4. The van der Waals surface area contributed by atoms with Crippen molar-refractivity contribution in [2.75, 3.05) is 22.2 Å². The first-order valence-corrected chi connectivity index (χ1v) is 13.5. The lowest BCUT2D eigenvalue weighted by Crippen LogP contribution is -2.46. The van der Waals surface area contributed by atoms with Crippen molar-refractivity contribution in [3.63, 3.8) is 0 Å². The number of hydrogen-bond acceptors (Lipinski definition) is 7. The molecule has 0 radical (unpaired) electrons. The third kappa shape index (κ3) is 4.18. The van der Waals surface area contributed by atoms with E-state index in [0.717, 1.165) is 41.2 Å². The van der Waals surface area contributed by atoms with Crippen molar-refractivity contribution in [2.24, 2.45) is 5.92 Å². The van der Waals surface area contributed by atoms with Crippen LogP contribution in [0.3, 0.4) is 0 Å². The van der Waals surface area contributed by atoms with E-state index in [0.29, 0.717) is 24.3 Å². The SMILES string of the molecule is CC(C)C1CC(=O)N(C)c2cnc(Nc3ccc4c(c3)CS(=O)(=O)C4)nc2N1C1CCCC1. The topological polar surface area (TPSA) is 95.5 Å². The Bertz CT molecular complexity index is 1190. The molecular formula is C24H31N5O3S. The monoisotopic (exact) mass is 469 g/mol. The number of sulfone groups is 1. The van der Waals surface area contributed by atoms with Gasteiger partial charge >= 0.3 is 0 Å². The van der Waals surface area contributed by atoms with E-state index < -0.39 is 9.84 Å². The van der Waals surface area contributed by atoms with Gasteiger partial charge in [0.25, 0.3) is 0 Å². The van der Waals surface area contributed by atoms with E-state index in [1.807, 2.05) is 18.2 Å². The molecule has 2 aliphatic heterocycles. The van der Waals surface area contributed by atoms with Crippen LogP contribution in [0.1, 0.15) is 57.1 Å². The summed E-state index contributed by atoms with van der Waals surface area (Å²) in [6, 6.07) is 6.05. The molecule has 1 aromatic heterocycles. The number of nitrogens with one attached hydrogen (secondary N) is 1. The third-order valence-electron chi connectivity index (χ3n) is 7.17. The summed E-state index contributed by atoms with van der Waals surface area (Å²) in [5, 5.41) is 3.27. The molecule has 1 amide bonds. The normalized spacial score (nSPS) is 22.4. The highest BCUT2D eigenvalue weighted by Crippen LogP contribution is 2.40. The second kappa shape index (κ2) is 8.27. The molecule has 2 aromatic rings. The summed E-state index contributed by atoms with van der Waals surface area (Å²) in [5.41, 5.74) is 3.18. The summed E-state index contributed by atoms with van der Waals surface area (Å²) in [7, 11) is -1.26. The molecular weight excluding hydrogens is 438 g/mol. The largest absolute Gasteiger partial charge is 0.348 e. The molecule has 1 atom stereocenters. The summed E-state index contributed by atoms with van der Waals surface area (Å²) in [6.45, 7) is 4.34. The van der Waals surface area contributed by atoms with Crippen LogP contribution in [0.5, 0.6) is 0 Å². The molecule has 0 spiro atoms. The molecule has 1 aromatic carbocycles. The minimum absolute atomic E-state index is 0.0708. The molecule has 5 rings (SSSR count). The van der Waals surface area contributed by atoms with E-state index in [9.17, 15) is 13.2 Å². The minimum Gasteiger partial charge on any atom is -0.348 e. The van der Waals surface area contributed by atoms with Crippen molar-refractivity contribution in [3.05, 3.63) is 35.5 Å². The smallest absolute Gasteiger partial charge is 0.229 e. The van der Waals surface area contributed by atoms with Gasteiger partial charge in [0.1, 0.15) is 5.69 Å². The molecule has 9 heteroatoms. The molecule has 176 valence electrons. The maximum Gasteiger partial charge on any atom is 0.229 e. The number of amides is 1. The fourth-order valence-corrected chi connectivity index (χ4v) is 6.97.